The molecule has 0 radical (unpaired) electrons. The van der Waals surface area contributed by atoms with E-state index in [9.17, 15) is 14.7 Å². The van der Waals surface area contributed by atoms with E-state index in [2.05, 4.69) is 9.72 Å². The maximum atomic E-state index is 12.2. The van der Waals surface area contributed by atoms with Crippen molar-refractivity contribution in [2.75, 3.05) is 7.11 Å². The summed E-state index contributed by atoms with van der Waals surface area (Å²) in [4.78, 5) is 26.4. The molecule has 2 N–H and O–H groups in total. The number of hydrogen-bond donors (Lipinski definition) is 2. The summed E-state index contributed by atoms with van der Waals surface area (Å²) in [6.07, 6.45) is 1.20. The van der Waals surface area contributed by atoms with Crippen LogP contribution in [0.4, 0.5) is 0 Å². The zero-order valence-corrected chi connectivity index (χ0v) is 11.5. The summed E-state index contributed by atoms with van der Waals surface area (Å²) in [6, 6.07) is 9.25. The molecule has 0 amide bonds. The first-order chi connectivity index (χ1) is 10.2. The third-order valence-corrected chi connectivity index (χ3v) is 2.91. The van der Waals surface area contributed by atoms with Crippen molar-refractivity contribution < 1.29 is 19.4 Å². The molecule has 110 valence electrons. The Morgan fingerprint density at radius 3 is 2.62 bits per heavy atom. The van der Waals surface area contributed by atoms with E-state index in [1.807, 2.05) is 30.3 Å². The van der Waals surface area contributed by atoms with Crippen LogP contribution >= 0.6 is 0 Å². The van der Waals surface area contributed by atoms with E-state index in [1.54, 1.807) is 0 Å². The Morgan fingerprint density at radius 1 is 1.29 bits per heavy atom. The van der Waals surface area contributed by atoms with Crippen LogP contribution < -0.4 is 10.2 Å². The van der Waals surface area contributed by atoms with Gasteiger partial charge in [0.05, 0.1) is 19.4 Å². The quantitative estimate of drug-likeness (QED) is 0.808. The average Bonchev–Trinajstić information content (AvgIpc) is 2.53. The minimum Gasteiger partial charge on any atom is -0.483 e. The van der Waals surface area contributed by atoms with Crippen LogP contribution in [0.25, 0.3) is 0 Å². The lowest BCUT2D eigenvalue weighted by Gasteiger charge is -2.10. The van der Waals surface area contributed by atoms with Gasteiger partial charge in [-0.25, -0.2) is 4.79 Å². The molecule has 0 spiro atoms. The van der Waals surface area contributed by atoms with Crippen LogP contribution in [-0.2, 0) is 18.0 Å². The summed E-state index contributed by atoms with van der Waals surface area (Å²) in [5.41, 5.74) is 0.297. The summed E-state index contributed by atoms with van der Waals surface area (Å²) in [7, 11) is 1.19. The Hall–Kier alpha value is -2.60. The van der Waals surface area contributed by atoms with Crippen molar-refractivity contribution in [1.82, 2.24) is 4.98 Å². The van der Waals surface area contributed by atoms with Crippen LogP contribution in [0.2, 0.25) is 0 Å². The van der Waals surface area contributed by atoms with Gasteiger partial charge in [-0.2, -0.15) is 0 Å². The first-order valence-corrected chi connectivity index (χ1v) is 6.27. The highest BCUT2D eigenvalue weighted by molar-refractivity contribution is 5.89. The molecule has 21 heavy (non-hydrogen) atoms. The first-order valence-electron chi connectivity index (χ1n) is 6.27. The molecule has 0 saturated heterocycles. The van der Waals surface area contributed by atoms with Crippen molar-refractivity contribution in [3.8, 4) is 5.75 Å². The molecule has 0 aliphatic heterocycles. The predicted octanol–water partition coefficient (Wildman–Crippen LogP) is 1.23. The van der Waals surface area contributed by atoms with Gasteiger partial charge in [0, 0.05) is 6.20 Å². The lowest BCUT2D eigenvalue weighted by molar-refractivity contribution is 0.0597. The van der Waals surface area contributed by atoms with Gasteiger partial charge in [0.15, 0.2) is 5.75 Å². The molecule has 0 saturated carbocycles. The van der Waals surface area contributed by atoms with Crippen LogP contribution in [0.1, 0.15) is 21.6 Å². The van der Waals surface area contributed by atoms with E-state index >= 15 is 0 Å². The molecule has 2 rings (SSSR count). The van der Waals surface area contributed by atoms with Crippen LogP contribution in [0.5, 0.6) is 5.75 Å². The number of ether oxygens (including phenoxy) is 2. The number of benzene rings is 1. The number of esters is 1. The zero-order chi connectivity index (χ0) is 15.2. The van der Waals surface area contributed by atoms with Crippen molar-refractivity contribution >= 4 is 5.97 Å². The van der Waals surface area contributed by atoms with Gasteiger partial charge in [-0.3, -0.25) is 4.79 Å². The van der Waals surface area contributed by atoms with E-state index in [0.717, 1.165) is 5.56 Å². The van der Waals surface area contributed by atoms with Crippen LogP contribution in [0.15, 0.2) is 41.3 Å². The number of nitrogens with one attached hydrogen (secondary N) is 1. The Kier molecular flexibility index (Phi) is 4.73. The fourth-order valence-corrected chi connectivity index (χ4v) is 1.81. The smallest absolute Gasteiger partial charge is 0.343 e. The average molecular weight is 289 g/mol. The van der Waals surface area contributed by atoms with E-state index < -0.39 is 18.0 Å². The minimum atomic E-state index is -0.759. The number of methoxy groups -OCH3 is 1. The molecule has 1 aromatic carbocycles. The van der Waals surface area contributed by atoms with Gasteiger partial charge < -0.3 is 19.6 Å². The minimum absolute atomic E-state index is 0.0794. The lowest BCUT2D eigenvalue weighted by atomic mass is 10.2. The molecule has 0 fully saturated rings. The Balaban J connectivity index is 2.32. The number of pyridine rings is 1. The van der Waals surface area contributed by atoms with Crippen molar-refractivity contribution in [1.29, 1.82) is 0 Å². The molecule has 0 atom stereocenters. The fraction of sp³-hybridized carbons (Fsp3) is 0.200. The highest BCUT2D eigenvalue weighted by Crippen LogP contribution is 2.14. The second kappa shape index (κ2) is 6.71. The Bertz CT molecular complexity index is 678. The summed E-state index contributed by atoms with van der Waals surface area (Å²) >= 11 is 0. The number of H-pyrrole nitrogens is 1. The topological polar surface area (TPSA) is 88.6 Å². The van der Waals surface area contributed by atoms with Crippen molar-refractivity contribution in [3.05, 3.63) is 63.6 Å². The molecule has 0 aliphatic carbocycles. The van der Waals surface area contributed by atoms with Gasteiger partial charge in [-0.1, -0.05) is 30.3 Å². The summed E-state index contributed by atoms with van der Waals surface area (Å²) in [5, 5.41) is 9.26. The van der Waals surface area contributed by atoms with E-state index in [0.29, 0.717) is 0 Å². The fourth-order valence-electron chi connectivity index (χ4n) is 1.81. The molecule has 1 heterocycles. The normalized spacial score (nSPS) is 10.2. The molecule has 0 unspecified atom stereocenters. The van der Waals surface area contributed by atoms with Crippen molar-refractivity contribution in [3.63, 3.8) is 0 Å². The number of aliphatic hydroxyl groups is 1. The van der Waals surface area contributed by atoms with Gasteiger partial charge >= 0.3 is 5.97 Å². The number of carbonyl (C=O) groups is 1. The van der Waals surface area contributed by atoms with Crippen LogP contribution in [-0.4, -0.2) is 23.2 Å². The maximum Gasteiger partial charge on any atom is 0.343 e. The number of aromatic nitrogens is 1. The van der Waals surface area contributed by atoms with E-state index in [1.165, 1.54) is 13.3 Å². The highest BCUT2D eigenvalue weighted by Gasteiger charge is 2.18. The van der Waals surface area contributed by atoms with Crippen molar-refractivity contribution in [2.24, 2.45) is 0 Å². The summed E-state index contributed by atoms with van der Waals surface area (Å²) < 4.78 is 10.0. The van der Waals surface area contributed by atoms with Gasteiger partial charge in [-0.05, 0) is 5.56 Å². The van der Waals surface area contributed by atoms with E-state index in [4.69, 9.17) is 4.74 Å². The molecular formula is C15H15NO5. The third kappa shape index (κ3) is 3.29. The highest BCUT2D eigenvalue weighted by atomic mass is 16.5. The predicted molar refractivity (Wildman–Crippen MR) is 75.1 cm³/mol. The van der Waals surface area contributed by atoms with Crippen LogP contribution in [0.3, 0.4) is 0 Å². The molecule has 0 bridgehead atoms. The van der Waals surface area contributed by atoms with Gasteiger partial charge in [-0.15, -0.1) is 0 Å². The maximum absolute atomic E-state index is 12.2. The summed E-state index contributed by atoms with van der Waals surface area (Å²) in [6.45, 7) is -0.248. The Morgan fingerprint density at radius 2 is 2.00 bits per heavy atom. The number of carbonyl (C=O) groups excluding carboxylic acids is 1. The third-order valence-electron chi connectivity index (χ3n) is 2.91. The standard InChI is InChI=1S/C15H15NO5/c1-20-15(19)11-7-16-12(8-17)14(13(11)18)21-9-10-5-3-2-4-6-10/h2-7,17H,8-9H2,1H3,(H,16,18). The summed E-state index contributed by atoms with van der Waals surface area (Å²) in [5.74, 6) is -0.838. The van der Waals surface area contributed by atoms with Gasteiger partial charge in [0.2, 0.25) is 5.43 Å². The molecule has 6 heteroatoms. The number of aromatic amines is 1. The molecule has 2 aromatic rings. The van der Waals surface area contributed by atoms with Gasteiger partial charge in [0.25, 0.3) is 0 Å². The van der Waals surface area contributed by atoms with Gasteiger partial charge in [0.1, 0.15) is 12.2 Å². The number of hydrogen-bond acceptors (Lipinski definition) is 5. The SMILES string of the molecule is COC(=O)c1c[nH]c(CO)c(OCc2ccccc2)c1=O. The van der Waals surface area contributed by atoms with Crippen molar-refractivity contribution in [2.45, 2.75) is 13.2 Å². The van der Waals surface area contributed by atoms with Crippen LogP contribution in [0, 0.1) is 0 Å². The Labute approximate surface area is 121 Å². The lowest BCUT2D eigenvalue weighted by Crippen LogP contribution is -2.21. The first kappa shape index (κ1) is 14.8. The largest absolute Gasteiger partial charge is 0.483 e. The second-order valence-electron chi connectivity index (χ2n) is 4.26. The molecule has 0 aliphatic rings. The molecule has 1 aromatic heterocycles. The molecular weight excluding hydrogens is 274 g/mol. The monoisotopic (exact) mass is 289 g/mol. The number of rotatable bonds is 5. The zero-order valence-electron chi connectivity index (χ0n) is 11.5. The second-order valence-corrected chi connectivity index (χ2v) is 4.26. The molecule has 6 nitrogen and oxygen atoms in total. The van der Waals surface area contributed by atoms with E-state index in [-0.39, 0.29) is 23.6 Å². The number of aliphatic hydroxyl groups excluding tert-OH is 1.